The number of benzene rings is 6. The summed E-state index contributed by atoms with van der Waals surface area (Å²) in [4.78, 5) is 236. The van der Waals surface area contributed by atoms with Gasteiger partial charge in [-0.1, -0.05) is 167 Å². The number of primary amides is 1. The second-order valence-corrected chi connectivity index (χ2v) is 34.5. The Kier molecular flexibility index (Phi) is 40.2. The molecule has 131 heavy (non-hydrogen) atoms. The summed E-state index contributed by atoms with van der Waals surface area (Å²) in [6, 6.07) is 29.8. The second kappa shape index (κ2) is 51.1. The number of H-pyrrole nitrogens is 1. The van der Waals surface area contributed by atoms with Gasteiger partial charge in [-0.05, 0) is 121 Å². The topological polar surface area (TPSA) is 514 Å². The van der Waals surface area contributed by atoms with Gasteiger partial charge in [-0.25, -0.2) is 0 Å². The van der Waals surface area contributed by atoms with Gasteiger partial charge in [0.1, 0.15) is 66.1 Å². The van der Waals surface area contributed by atoms with Gasteiger partial charge >= 0.3 is 5.97 Å². The fourth-order valence-corrected chi connectivity index (χ4v) is 16.4. The number of hydrogen-bond donors (Lipinski definition) is 14. The standard InChI is InChI=1S/C95H122N16O19S/c1-9-10-32-78(94(129)107(5)54-83(117)101-66(55-112)50-85(119)120)108(6)95(130)80(48-62-28-18-13-19-29-62)110(8)92(127)75(46-60-24-14-11-15-25-60)102-84(118)57-131-56-76(86(121)100-53-82(97)116)106-87(122)71(43-58(2)3)103-88(123)72(44-63-34-38-67(113)39-35-63)104-89(124)73(49-65-51-98-70-31-21-20-30-69(65)70)105-90(125)77-33-22-23-42-111(77)93(128)74(45-64-36-40-68(114)41-37-64)99-52-81(115)79(109(7)91(126)59(4)96)47-61-26-16-12-17-27-61/h11-21,24-31,34-41,51,55,58-59,66,71-80,98-99,113-114H,9-10,22-23,32-33,42-50,52-54,56-57,96H2,1-8H3,(H2,97,116)(H,100,121)(H,101,117)(H,102,118)(H,103,123)(H,104,124)(H,105,125)(H,106,122)(H,119,120)/t59-,66-,71-,72-,73-,74-,75-,76-,77+,78-,79?,80?/m0/s1. The molecular formula is C95H122N16O19S. The molecule has 13 amide bonds. The van der Waals surface area contributed by atoms with Crippen molar-refractivity contribution in [1.29, 1.82) is 0 Å². The minimum absolute atomic E-state index is 0.0248. The summed E-state index contributed by atoms with van der Waals surface area (Å²) in [6.45, 7) is 5.27. The number of nitrogens with one attached hydrogen (secondary N) is 9. The van der Waals surface area contributed by atoms with Crippen molar-refractivity contribution in [1.82, 2.24) is 72.0 Å². The third-order valence-electron chi connectivity index (χ3n) is 22.7. The van der Waals surface area contributed by atoms with E-state index in [0.717, 1.165) is 22.2 Å². The molecule has 1 aliphatic rings. The number of likely N-dealkylation sites (tertiary alicyclic amines) is 1. The molecule has 16 N–H and O–H groups in total. The molecule has 7 aromatic rings. The highest BCUT2D eigenvalue weighted by molar-refractivity contribution is 8.00. The van der Waals surface area contributed by atoms with Crippen LogP contribution in [0.2, 0.25) is 0 Å². The lowest BCUT2D eigenvalue weighted by molar-refractivity contribution is -0.151. The molecule has 2 unspecified atom stereocenters. The molecule has 0 radical (unpaired) electrons. The van der Waals surface area contributed by atoms with Crippen LogP contribution < -0.4 is 54.0 Å². The van der Waals surface area contributed by atoms with Crippen LogP contribution in [0.4, 0.5) is 0 Å². The number of phenolic OH excluding ortho intramolecular Hbond substituents is 2. The molecule has 1 aromatic heterocycles. The number of unbranched alkanes of at least 4 members (excludes halogenated alkanes) is 1. The molecule has 702 valence electrons. The Hall–Kier alpha value is -13.4. The maximum Gasteiger partial charge on any atom is 0.305 e. The number of carboxylic acids is 1. The van der Waals surface area contributed by atoms with E-state index < -0.39 is 193 Å². The van der Waals surface area contributed by atoms with Crippen molar-refractivity contribution in [3.8, 4) is 11.5 Å². The molecule has 2 heterocycles. The van der Waals surface area contributed by atoms with Crippen molar-refractivity contribution in [2.45, 2.75) is 190 Å². The van der Waals surface area contributed by atoms with E-state index >= 15 is 33.6 Å². The summed E-state index contributed by atoms with van der Waals surface area (Å²) in [6.07, 6.45) is 2.83. The molecular weight excluding hydrogens is 1700 g/mol. The lowest BCUT2D eigenvalue weighted by Gasteiger charge is -2.38. The van der Waals surface area contributed by atoms with E-state index in [4.69, 9.17) is 11.5 Å². The third kappa shape index (κ3) is 31.8. The smallest absolute Gasteiger partial charge is 0.305 e. The Morgan fingerprint density at radius 2 is 1.05 bits per heavy atom. The number of aromatic amines is 1. The molecule has 36 heteroatoms. The highest BCUT2D eigenvalue weighted by Gasteiger charge is 2.42. The number of likely N-dealkylation sites (N-methyl/N-ethyl adjacent to an activating group) is 4. The SMILES string of the molecule is CCCC[C@@H](C(=O)N(C)CC(=O)N[C@H](C=O)CC(=O)O)N(C)C(=O)C(Cc1ccccc1)N(C)C(=O)[C@H](Cc1ccccc1)NC(=O)CSC[C@H](NC(=O)[C@H](CC(C)C)NC(=O)[C@H](Cc1ccc(O)cc1)NC(=O)[C@H](Cc1c[nH]c2ccccc12)NC(=O)[C@H]1CCCCN1C(=O)[C@H](Cc1ccc(O)cc1)NCC(=O)C(Cc1ccccc1)N(C)C(=O)[C@H](C)N)C(=O)NCC(N)=O. The Labute approximate surface area is 765 Å². The molecule has 8 rings (SSSR count). The molecule has 6 aromatic carbocycles. The monoisotopic (exact) mass is 1820 g/mol. The van der Waals surface area contributed by atoms with Crippen LogP contribution in [0.5, 0.6) is 11.5 Å². The molecule has 1 aliphatic heterocycles. The van der Waals surface area contributed by atoms with Crippen LogP contribution in [0.15, 0.2) is 170 Å². The number of carboxylic acid groups (broad SMARTS) is 1. The number of fused-ring (bicyclic) bond motifs is 1. The Bertz CT molecular complexity index is 5070. The van der Waals surface area contributed by atoms with Crippen molar-refractivity contribution in [2.75, 3.05) is 65.9 Å². The first-order chi connectivity index (χ1) is 62.5. The number of aromatic nitrogens is 1. The van der Waals surface area contributed by atoms with Crippen LogP contribution >= 0.6 is 11.8 Å². The van der Waals surface area contributed by atoms with Gasteiger partial charge in [0.15, 0.2) is 5.78 Å². The van der Waals surface area contributed by atoms with Gasteiger partial charge in [0, 0.05) is 83.3 Å². The number of aldehydes is 1. The lowest BCUT2D eigenvalue weighted by Crippen LogP contribution is -2.62. The number of piperidine rings is 1. The molecule has 0 aliphatic carbocycles. The largest absolute Gasteiger partial charge is 0.508 e. The van der Waals surface area contributed by atoms with Crippen LogP contribution in [0.1, 0.15) is 112 Å². The quantitative estimate of drug-likeness (QED) is 0.0244. The Balaban J connectivity index is 1.03. The first-order valence-corrected chi connectivity index (χ1v) is 44.9. The number of aliphatic carboxylic acids is 1. The number of amides is 13. The zero-order chi connectivity index (χ0) is 95.5. The highest BCUT2D eigenvalue weighted by Crippen LogP contribution is 2.26. The van der Waals surface area contributed by atoms with E-state index in [9.17, 15) is 58.5 Å². The van der Waals surface area contributed by atoms with E-state index in [0.29, 0.717) is 64.4 Å². The van der Waals surface area contributed by atoms with E-state index in [1.165, 1.54) is 91.1 Å². The Morgan fingerprint density at radius 1 is 0.534 bits per heavy atom. The van der Waals surface area contributed by atoms with Gasteiger partial charge in [0.05, 0.1) is 56.0 Å². The van der Waals surface area contributed by atoms with Crippen molar-refractivity contribution in [3.63, 3.8) is 0 Å². The van der Waals surface area contributed by atoms with Crippen molar-refractivity contribution in [3.05, 3.63) is 203 Å². The number of ketones is 1. The number of aromatic hydroxyl groups is 2. The summed E-state index contributed by atoms with van der Waals surface area (Å²) in [5.41, 5.74) is 15.8. The molecule has 0 saturated carbocycles. The van der Waals surface area contributed by atoms with Gasteiger partial charge in [-0.2, -0.15) is 0 Å². The van der Waals surface area contributed by atoms with Crippen LogP contribution in [0.25, 0.3) is 10.9 Å². The lowest BCUT2D eigenvalue weighted by atomic mass is 9.96. The number of rotatable bonds is 51. The first-order valence-electron chi connectivity index (χ1n) is 43.7. The predicted octanol–water partition coefficient (Wildman–Crippen LogP) is 2.68. The van der Waals surface area contributed by atoms with E-state index in [2.05, 4.69) is 47.5 Å². The highest BCUT2D eigenvalue weighted by atomic mass is 32.2. The summed E-state index contributed by atoms with van der Waals surface area (Å²) in [5, 5.41) is 52.5. The summed E-state index contributed by atoms with van der Waals surface area (Å²) >= 11 is 0.836. The minimum Gasteiger partial charge on any atom is -0.508 e. The fourth-order valence-electron chi connectivity index (χ4n) is 15.6. The normalized spacial score (nSPS) is 15.0. The number of carbonyl (C=O) groups is 16. The molecule has 0 spiro atoms. The zero-order valence-corrected chi connectivity index (χ0v) is 75.9. The van der Waals surface area contributed by atoms with Crippen molar-refractivity contribution < 1.29 is 92.0 Å². The van der Waals surface area contributed by atoms with E-state index in [1.54, 1.807) is 117 Å². The van der Waals surface area contributed by atoms with Crippen LogP contribution in [-0.4, -0.2) is 278 Å². The number of phenols is 2. The maximum atomic E-state index is 15.6. The van der Waals surface area contributed by atoms with Gasteiger partial charge < -0.3 is 98.3 Å². The first kappa shape index (κ1) is 103. The number of thioether (sulfide) groups is 1. The third-order valence-corrected chi connectivity index (χ3v) is 23.7. The van der Waals surface area contributed by atoms with Crippen LogP contribution in [0.3, 0.4) is 0 Å². The average Bonchev–Trinajstić information content (AvgIpc) is 1.74. The van der Waals surface area contributed by atoms with Gasteiger partial charge in [-0.15, -0.1) is 11.8 Å². The number of carbonyl (C=O) groups excluding carboxylic acids is 15. The Morgan fingerprint density at radius 3 is 1.61 bits per heavy atom. The molecule has 12 atom stereocenters. The van der Waals surface area contributed by atoms with Gasteiger partial charge in [-0.3, -0.25) is 77.2 Å². The van der Waals surface area contributed by atoms with Crippen LogP contribution in [0, 0.1) is 5.92 Å². The molecule has 1 saturated heterocycles. The predicted molar refractivity (Wildman–Crippen MR) is 492 cm³/mol. The minimum atomic E-state index is -1.57. The second-order valence-electron chi connectivity index (χ2n) is 33.4. The van der Waals surface area contributed by atoms with Gasteiger partial charge in [0.25, 0.3) is 0 Å². The summed E-state index contributed by atoms with van der Waals surface area (Å²) in [5.74, 6) is -13.2. The maximum absolute atomic E-state index is 15.6. The van der Waals surface area contributed by atoms with Gasteiger partial charge in [0.2, 0.25) is 76.8 Å². The number of nitrogens with zero attached hydrogens (tertiary/aromatic N) is 5. The number of nitrogens with two attached hydrogens (primary N) is 2. The summed E-state index contributed by atoms with van der Waals surface area (Å²) in [7, 11) is 5.59. The van der Waals surface area contributed by atoms with E-state index in [1.807, 2.05) is 37.3 Å². The number of Topliss-reactive ketones (excluding diaryl/α,β-unsaturated/α-hetero) is 1. The van der Waals surface area contributed by atoms with Crippen LogP contribution in [-0.2, 0) is 115 Å². The zero-order valence-electron chi connectivity index (χ0n) is 75.1. The molecule has 0 bridgehead atoms. The fraction of sp³-hybridized carbons (Fsp3) is 0.432. The number of para-hydroxylation sites is 1. The molecule has 35 nitrogen and oxygen atoms in total. The summed E-state index contributed by atoms with van der Waals surface area (Å²) < 4.78 is 0. The molecule has 1 fully saturated rings. The van der Waals surface area contributed by atoms with Crippen molar-refractivity contribution >= 4 is 117 Å². The number of hydrogen-bond acceptors (Lipinski definition) is 21. The average molecular weight is 1820 g/mol. The van der Waals surface area contributed by atoms with E-state index in [-0.39, 0.29) is 93.8 Å². The van der Waals surface area contributed by atoms with Crippen molar-refractivity contribution in [2.24, 2.45) is 17.4 Å².